The molecular formula is C20H29IN6O2. The molecule has 1 unspecified atom stereocenters. The summed E-state index contributed by atoms with van der Waals surface area (Å²) in [4.78, 5) is 7.07. The molecule has 0 saturated heterocycles. The van der Waals surface area contributed by atoms with Crippen LogP contribution in [0.1, 0.15) is 30.6 Å². The maximum absolute atomic E-state index is 5.49. The van der Waals surface area contributed by atoms with E-state index >= 15 is 0 Å². The largest absolute Gasteiger partial charge is 0.454 e. The highest BCUT2D eigenvalue weighted by Crippen LogP contribution is 2.32. The topological polar surface area (TPSA) is 76.8 Å². The number of aliphatic imine (C=N–C) groups is 1. The van der Waals surface area contributed by atoms with Crippen LogP contribution in [0.5, 0.6) is 11.5 Å². The van der Waals surface area contributed by atoms with Gasteiger partial charge in [-0.3, -0.25) is 4.99 Å². The average molecular weight is 512 g/mol. The summed E-state index contributed by atoms with van der Waals surface area (Å²) in [5, 5.41) is 11.9. The summed E-state index contributed by atoms with van der Waals surface area (Å²) in [6.45, 7) is 7.75. The number of ether oxygens (including phenoxy) is 2. The maximum atomic E-state index is 5.49. The second-order valence-corrected chi connectivity index (χ2v) is 7.42. The van der Waals surface area contributed by atoms with Gasteiger partial charge in [-0.2, -0.15) is 0 Å². The quantitative estimate of drug-likeness (QED) is 0.377. The Hall–Kier alpha value is -2.04. The number of aromatic nitrogens is 3. The Kier molecular flexibility index (Phi) is 7.20. The van der Waals surface area contributed by atoms with E-state index in [0.717, 1.165) is 68.1 Å². The molecule has 0 amide bonds. The van der Waals surface area contributed by atoms with E-state index < -0.39 is 0 Å². The lowest BCUT2D eigenvalue weighted by Crippen LogP contribution is -2.39. The van der Waals surface area contributed by atoms with Crippen LogP contribution >= 0.6 is 24.0 Å². The van der Waals surface area contributed by atoms with Crippen LogP contribution in [0.25, 0.3) is 0 Å². The first-order chi connectivity index (χ1) is 13.6. The first-order valence-corrected chi connectivity index (χ1v) is 9.90. The number of halogens is 1. The number of benzene rings is 1. The lowest BCUT2D eigenvalue weighted by molar-refractivity contribution is 0.174. The molecule has 0 saturated carbocycles. The molecule has 1 aromatic heterocycles. The van der Waals surface area contributed by atoms with Gasteiger partial charge in [-0.15, -0.1) is 34.2 Å². The van der Waals surface area contributed by atoms with Gasteiger partial charge >= 0.3 is 0 Å². The molecule has 1 atom stereocenters. The zero-order chi connectivity index (χ0) is 19.5. The lowest BCUT2D eigenvalue weighted by atomic mass is 9.99. The van der Waals surface area contributed by atoms with Crippen molar-refractivity contribution in [3.63, 3.8) is 0 Å². The molecule has 4 rings (SSSR count). The Morgan fingerprint density at radius 3 is 2.97 bits per heavy atom. The van der Waals surface area contributed by atoms with Crippen LogP contribution in [0.4, 0.5) is 0 Å². The third kappa shape index (κ3) is 4.93. The molecule has 2 aromatic rings. The van der Waals surface area contributed by atoms with Crippen molar-refractivity contribution in [2.45, 2.75) is 39.8 Å². The summed E-state index contributed by atoms with van der Waals surface area (Å²) in [7, 11) is 2.06. The standard InChI is InChI=1S/C20H28N6O2.HI/c1-4-21-20(22-10-16-6-8-19-24-23-14(2)26(19)12-16)25(3)11-15-5-7-17-18(9-15)28-13-27-17;/h5,7,9,16H,4,6,8,10-13H2,1-3H3,(H,21,22);1H. The summed E-state index contributed by atoms with van der Waals surface area (Å²) in [5.74, 6) is 5.16. The van der Waals surface area contributed by atoms with Gasteiger partial charge in [0.15, 0.2) is 17.5 Å². The average Bonchev–Trinajstić information content (AvgIpc) is 3.31. The number of nitrogens with one attached hydrogen (secondary N) is 1. The van der Waals surface area contributed by atoms with Gasteiger partial charge in [0, 0.05) is 39.6 Å². The summed E-state index contributed by atoms with van der Waals surface area (Å²) in [6.07, 6.45) is 2.08. The molecule has 0 spiro atoms. The highest BCUT2D eigenvalue weighted by Gasteiger charge is 2.22. The van der Waals surface area contributed by atoms with Crippen LogP contribution in [0.15, 0.2) is 23.2 Å². The minimum absolute atomic E-state index is 0. The van der Waals surface area contributed by atoms with Crippen LogP contribution in [0, 0.1) is 12.8 Å². The number of rotatable bonds is 5. The number of guanidine groups is 1. The Labute approximate surface area is 188 Å². The molecular weight excluding hydrogens is 483 g/mol. The Morgan fingerprint density at radius 2 is 2.14 bits per heavy atom. The van der Waals surface area contributed by atoms with E-state index in [1.807, 2.05) is 19.1 Å². The van der Waals surface area contributed by atoms with Crippen LogP contribution in [-0.4, -0.2) is 52.6 Å². The van der Waals surface area contributed by atoms with Gasteiger partial charge in [-0.25, -0.2) is 0 Å². The Balaban J connectivity index is 0.00000240. The molecule has 8 nitrogen and oxygen atoms in total. The molecule has 9 heteroatoms. The number of fused-ring (bicyclic) bond motifs is 2. The fourth-order valence-corrected chi connectivity index (χ4v) is 3.75. The van der Waals surface area contributed by atoms with Crippen molar-refractivity contribution in [1.29, 1.82) is 0 Å². The SMILES string of the molecule is CCNC(=NCC1CCc2nnc(C)n2C1)N(C)Cc1ccc2c(c1)OCO2.I. The molecule has 2 aliphatic rings. The molecule has 0 radical (unpaired) electrons. The molecule has 0 fully saturated rings. The van der Waals surface area contributed by atoms with Gasteiger partial charge in [0.25, 0.3) is 0 Å². The number of hydrogen-bond acceptors (Lipinski definition) is 5. The van der Waals surface area contributed by atoms with Gasteiger partial charge < -0.3 is 24.3 Å². The van der Waals surface area contributed by atoms with Crippen molar-refractivity contribution >= 4 is 29.9 Å². The minimum Gasteiger partial charge on any atom is -0.454 e. The third-order valence-electron chi connectivity index (χ3n) is 5.28. The van der Waals surface area contributed by atoms with Gasteiger partial charge in [0.2, 0.25) is 6.79 Å². The molecule has 1 N–H and O–H groups in total. The van der Waals surface area contributed by atoms with Gasteiger partial charge in [0.05, 0.1) is 0 Å². The predicted octanol–water partition coefficient (Wildman–Crippen LogP) is 2.59. The van der Waals surface area contributed by atoms with E-state index in [1.54, 1.807) is 0 Å². The van der Waals surface area contributed by atoms with E-state index in [4.69, 9.17) is 14.5 Å². The van der Waals surface area contributed by atoms with Crippen molar-refractivity contribution < 1.29 is 9.47 Å². The molecule has 1 aromatic carbocycles. The van der Waals surface area contributed by atoms with Gasteiger partial charge in [-0.1, -0.05) is 6.07 Å². The highest BCUT2D eigenvalue weighted by atomic mass is 127. The zero-order valence-electron chi connectivity index (χ0n) is 17.2. The van der Waals surface area contributed by atoms with E-state index in [1.165, 1.54) is 5.56 Å². The fourth-order valence-electron chi connectivity index (χ4n) is 3.75. The molecule has 0 aliphatic carbocycles. The predicted molar refractivity (Wildman–Crippen MR) is 122 cm³/mol. The second kappa shape index (κ2) is 9.64. The minimum atomic E-state index is 0. The summed E-state index contributed by atoms with van der Waals surface area (Å²) >= 11 is 0. The monoisotopic (exact) mass is 512 g/mol. The summed E-state index contributed by atoms with van der Waals surface area (Å²) < 4.78 is 13.1. The van der Waals surface area contributed by atoms with E-state index in [-0.39, 0.29) is 24.0 Å². The van der Waals surface area contributed by atoms with E-state index in [0.29, 0.717) is 12.7 Å². The van der Waals surface area contributed by atoms with Crippen molar-refractivity contribution in [2.24, 2.45) is 10.9 Å². The summed E-state index contributed by atoms with van der Waals surface area (Å²) in [5.41, 5.74) is 1.17. The van der Waals surface area contributed by atoms with Crippen LogP contribution < -0.4 is 14.8 Å². The van der Waals surface area contributed by atoms with Crippen molar-refractivity contribution in [2.75, 3.05) is 26.9 Å². The van der Waals surface area contributed by atoms with Gasteiger partial charge in [0.1, 0.15) is 11.6 Å². The number of aryl methyl sites for hydroxylation is 2. The molecule has 0 bridgehead atoms. The van der Waals surface area contributed by atoms with Crippen molar-refractivity contribution in [3.05, 3.63) is 35.4 Å². The molecule has 2 aliphatic heterocycles. The van der Waals surface area contributed by atoms with Crippen molar-refractivity contribution in [3.8, 4) is 11.5 Å². The highest BCUT2D eigenvalue weighted by molar-refractivity contribution is 14.0. The molecule has 29 heavy (non-hydrogen) atoms. The summed E-state index contributed by atoms with van der Waals surface area (Å²) in [6, 6.07) is 6.08. The first-order valence-electron chi connectivity index (χ1n) is 9.90. The smallest absolute Gasteiger partial charge is 0.231 e. The van der Waals surface area contributed by atoms with E-state index in [2.05, 4.69) is 45.0 Å². The Bertz CT molecular complexity index is 869. The van der Waals surface area contributed by atoms with Crippen LogP contribution in [0.3, 0.4) is 0 Å². The van der Waals surface area contributed by atoms with Crippen LogP contribution in [0.2, 0.25) is 0 Å². The van der Waals surface area contributed by atoms with Crippen LogP contribution in [-0.2, 0) is 19.5 Å². The van der Waals surface area contributed by atoms with E-state index in [9.17, 15) is 0 Å². The molecule has 158 valence electrons. The van der Waals surface area contributed by atoms with Gasteiger partial charge in [-0.05, 0) is 43.9 Å². The Morgan fingerprint density at radius 1 is 1.31 bits per heavy atom. The van der Waals surface area contributed by atoms with Crippen molar-refractivity contribution in [1.82, 2.24) is 25.0 Å². The number of nitrogens with zero attached hydrogens (tertiary/aromatic N) is 5. The molecule has 3 heterocycles. The first kappa shape index (κ1) is 21.7. The zero-order valence-corrected chi connectivity index (χ0v) is 19.6. The number of hydrogen-bond donors (Lipinski definition) is 1. The lowest BCUT2D eigenvalue weighted by Gasteiger charge is -2.25. The fraction of sp³-hybridized carbons (Fsp3) is 0.550. The maximum Gasteiger partial charge on any atom is 0.231 e. The third-order valence-corrected chi connectivity index (χ3v) is 5.28. The normalized spacial score (nSPS) is 17.5. The second-order valence-electron chi connectivity index (χ2n) is 7.42.